The van der Waals surface area contributed by atoms with Gasteiger partial charge in [-0.15, -0.1) is 0 Å². The van der Waals surface area contributed by atoms with Crippen molar-refractivity contribution >= 4 is 11.8 Å². The molecule has 0 spiro atoms. The first-order valence-electron chi connectivity index (χ1n) is 7.69. The number of nitrogens with zero attached hydrogens (tertiary/aromatic N) is 3. The van der Waals surface area contributed by atoms with E-state index in [0.717, 1.165) is 29.9 Å². The summed E-state index contributed by atoms with van der Waals surface area (Å²) in [4.78, 5) is 21.5. The lowest BCUT2D eigenvalue weighted by atomic mass is 10.1. The summed E-state index contributed by atoms with van der Waals surface area (Å²) in [5.74, 6) is 0.660. The lowest BCUT2D eigenvalue weighted by molar-refractivity contribution is -0.136. The van der Waals surface area contributed by atoms with Crippen molar-refractivity contribution in [1.29, 1.82) is 0 Å². The number of hydrogen-bond acceptors (Lipinski definition) is 5. The highest BCUT2D eigenvalue weighted by molar-refractivity contribution is 5.67. The van der Waals surface area contributed by atoms with E-state index in [9.17, 15) is 9.90 Å². The second-order valence-electron chi connectivity index (χ2n) is 5.72. The van der Waals surface area contributed by atoms with E-state index in [-0.39, 0.29) is 12.5 Å². The van der Waals surface area contributed by atoms with E-state index in [4.69, 9.17) is 5.11 Å². The molecule has 0 unspecified atom stereocenters. The summed E-state index contributed by atoms with van der Waals surface area (Å²) in [6.45, 7) is 1.40. The summed E-state index contributed by atoms with van der Waals surface area (Å²) in [6, 6.07) is 9.49. The maximum Gasteiger partial charge on any atom is 0.303 e. The van der Waals surface area contributed by atoms with Crippen LogP contribution in [0.4, 0.5) is 5.82 Å². The van der Waals surface area contributed by atoms with E-state index >= 15 is 0 Å². The first-order valence-corrected chi connectivity index (χ1v) is 7.69. The summed E-state index contributed by atoms with van der Waals surface area (Å²) >= 11 is 0. The SMILES string of the molecule is O=C(O)CCc1ccc(-c2nccc(N3CC[C@@H](O)C3)n2)cc1. The van der Waals surface area contributed by atoms with Crippen molar-refractivity contribution in [1.82, 2.24) is 9.97 Å². The molecule has 2 heterocycles. The zero-order valence-electron chi connectivity index (χ0n) is 12.7. The molecule has 2 aromatic rings. The second-order valence-corrected chi connectivity index (χ2v) is 5.72. The molecule has 6 heteroatoms. The zero-order valence-corrected chi connectivity index (χ0v) is 12.7. The number of rotatable bonds is 5. The van der Waals surface area contributed by atoms with Crippen LogP contribution in [-0.4, -0.2) is 45.3 Å². The van der Waals surface area contributed by atoms with Crippen LogP contribution in [0.5, 0.6) is 0 Å². The molecule has 1 aromatic heterocycles. The van der Waals surface area contributed by atoms with Gasteiger partial charge in [-0.1, -0.05) is 24.3 Å². The zero-order chi connectivity index (χ0) is 16.2. The van der Waals surface area contributed by atoms with E-state index in [1.165, 1.54) is 0 Å². The number of benzene rings is 1. The minimum atomic E-state index is -0.794. The van der Waals surface area contributed by atoms with Crippen LogP contribution in [0.1, 0.15) is 18.4 Å². The maximum atomic E-state index is 10.6. The summed E-state index contributed by atoms with van der Waals surface area (Å²) in [6.07, 6.45) is 2.84. The molecule has 0 bridgehead atoms. The van der Waals surface area contributed by atoms with E-state index in [1.54, 1.807) is 6.20 Å². The van der Waals surface area contributed by atoms with Crippen LogP contribution < -0.4 is 4.90 Å². The van der Waals surface area contributed by atoms with Crippen LogP contribution in [-0.2, 0) is 11.2 Å². The summed E-state index contributed by atoms with van der Waals surface area (Å²) in [5, 5.41) is 18.4. The second kappa shape index (κ2) is 6.75. The Bertz CT molecular complexity index is 688. The molecule has 0 amide bonds. The molecule has 1 aromatic carbocycles. The Kier molecular flexibility index (Phi) is 4.52. The van der Waals surface area contributed by atoms with Crippen molar-refractivity contribution in [2.45, 2.75) is 25.4 Å². The Balaban J connectivity index is 1.75. The number of aryl methyl sites for hydroxylation is 1. The molecule has 1 aliphatic heterocycles. The average molecular weight is 313 g/mol. The van der Waals surface area contributed by atoms with Gasteiger partial charge in [-0.3, -0.25) is 4.79 Å². The van der Waals surface area contributed by atoms with Gasteiger partial charge in [-0.25, -0.2) is 9.97 Å². The quantitative estimate of drug-likeness (QED) is 0.874. The van der Waals surface area contributed by atoms with Gasteiger partial charge in [0.25, 0.3) is 0 Å². The molecule has 1 aliphatic rings. The van der Waals surface area contributed by atoms with E-state index < -0.39 is 5.97 Å². The monoisotopic (exact) mass is 313 g/mol. The highest BCUT2D eigenvalue weighted by Crippen LogP contribution is 2.22. The fourth-order valence-corrected chi connectivity index (χ4v) is 2.69. The van der Waals surface area contributed by atoms with Gasteiger partial charge in [0, 0.05) is 31.3 Å². The van der Waals surface area contributed by atoms with Gasteiger partial charge in [-0.05, 0) is 24.5 Å². The smallest absolute Gasteiger partial charge is 0.303 e. The van der Waals surface area contributed by atoms with Gasteiger partial charge < -0.3 is 15.1 Å². The maximum absolute atomic E-state index is 10.6. The Morgan fingerprint density at radius 1 is 1.26 bits per heavy atom. The lowest BCUT2D eigenvalue weighted by Gasteiger charge is -2.16. The molecule has 1 atom stereocenters. The molecule has 6 nitrogen and oxygen atoms in total. The third-order valence-corrected chi connectivity index (χ3v) is 3.97. The highest BCUT2D eigenvalue weighted by Gasteiger charge is 2.21. The van der Waals surface area contributed by atoms with E-state index in [2.05, 4.69) is 14.9 Å². The van der Waals surface area contributed by atoms with E-state index in [0.29, 0.717) is 18.8 Å². The lowest BCUT2D eigenvalue weighted by Crippen LogP contribution is -2.22. The Morgan fingerprint density at radius 3 is 2.70 bits per heavy atom. The van der Waals surface area contributed by atoms with Gasteiger partial charge in [0.15, 0.2) is 5.82 Å². The molecule has 23 heavy (non-hydrogen) atoms. The molecule has 120 valence electrons. The van der Waals surface area contributed by atoms with Crippen molar-refractivity contribution in [3.8, 4) is 11.4 Å². The molecule has 2 N–H and O–H groups in total. The van der Waals surface area contributed by atoms with Gasteiger partial charge in [0.05, 0.1) is 6.10 Å². The highest BCUT2D eigenvalue weighted by atomic mass is 16.4. The molecule has 3 rings (SSSR count). The van der Waals surface area contributed by atoms with E-state index in [1.807, 2.05) is 30.3 Å². The number of aliphatic hydroxyl groups excluding tert-OH is 1. The van der Waals surface area contributed by atoms with Crippen LogP contribution in [0.25, 0.3) is 11.4 Å². The molecule has 1 fully saturated rings. The average Bonchev–Trinajstić information content (AvgIpc) is 3.00. The van der Waals surface area contributed by atoms with Crippen molar-refractivity contribution in [3.05, 3.63) is 42.1 Å². The first kappa shape index (κ1) is 15.4. The molecular formula is C17H19N3O3. The van der Waals surface area contributed by atoms with Crippen LogP contribution >= 0.6 is 0 Å². The largest absolute Gasteiger partial charge is 0.481 e. The standard InChI is InChI=1S/C17H19N3O3/c21-14-8-10-20(11-14)15-7-9-18-17(19-15)13-4-1-12(2-5-13)3-6-16(22)23/h1-2,4-5,7,9,14,21H,3,6,8,10-11H2,(H,22,23)/t14-/m1/s1. The van der Waals surface area contributed by atoms with Crippen LogP contribution in [0.15, 0.2) is 36.5 Å². The van der Waals surface area contributed by atoms with Crippen molar-refractivity contribution < 1.29 is 15.0 Å². The number of anilines is 1. The first-order chi connectivity index (χ1) is 11.1. The predicted octanol–water partition coefficient (Wildman–Crippen LogP) is 1.73. The number of carboxylic acid groups (broad SMARTS) is 1. The predicted molar refractivity (Wildman–Crippen MR) is 86.3 cm³/mol. The minimum absolute atomic E-state index is 0.128. The van der Waals surface area contributed by atoms with Gasteiger partial charge in [0.1, 0.15) is 5.82 Å². The third kappa shape index (κ3) is 3.84. The van der Waals surface area contributed by atoms with Crippen LogP contribution in [0.2, 0.25) is 0 Å². The molecule has 0 radical (unpaired) electrons. The number of β-amino-alcohol motifs (C(OH)–C–C–N with tert-alkyl or cyclic N) is 1. The number of aliphatic hydroxyl groups is 1. The molecule has 0 saturated carbocycles. The van der Waals surface area contributed by atoms with Crippen LogP contribution in [0, 0.1) is 0 Å². The summed E-state index contributed by atoms with van der Waals surface area (Å²) in [5.41, 5.74) is 1.88. The fourth-order valence-electron chi connectivity index (χ4n) is 2.69. The number of carboxylic acids is 1. The Labute approximate surface area is 134 Å². The van der Waals surface area contributed by atoms with Crippen molar-refractivity contribution in [3.63, 3.8) is 0 Å². The Morgan fingerprint density at radius 2 is 2.04 bits per heavy atom. The fraction of sp³-hybridized carbons (Fsp3) is 0.353. The topological polar surface area (TPSA) is 86.5 Å². The third-order valence-electron chi connectivity index (χ3n) is 3.97. The summed E-state index contributed by atoms with van der Waals surface area (Å²) < 4.78 is 0. The normalized spacial score (nSPS) is 17.4. The number of aliphatic carboxylic acids is 1. The Hall–Kier alpha value is -2.47. The van der Waals surface area contributed by atoms with Gasteiger partial charge >= 0.3 is 5.97 Å². The molecular weight excluding hydrogens is 294 g/mol. The van der Waals surface area contributed by atoms with Crippen molar-refractivity contribution in [2.24, 2.45) is 0 Å². The summed E-state index contributed by atoms with van der Waals surface area (Å²) in [7, 11) is 0. The van der Waals surface area contributed by atoms with Crippen LogP contribution in [0.3, 0.4) is 0 Å². The molecule has 1 saturated heterocycles. The van der Waals surface area contributed by atoms with Gasteiger partial charge in [-0.2, -0.15) is 0 Å². The number of hydrogen-bond donors (Lipinski definition) is 2. The van der Waals surface area contributed by atoms with Gasteiger partial charge in [0.2, 0.25) is 0 Å². The minimum Gasteiger partial charge on any atom is -0.481 e. The number of carbonyl (C=O) groups is 1. The number of aromatic nitrogens is 2. The van der Waals surface area contributed by atoms with Crippen molar-refractivity contribution in [2.75, 3.05) is 18.0 Å². The molecule has 0 aliphatic carbocycles.